The SMILES string of the molecule is CCCN[C@H](CC)CCc1cccc(C(N)=O)c1. The highest BCUT2D eigenvalue weighted by Gasteiger charge is 2.06. The summed E-state index contributed by atoms with van der Waals surface area (Å²) in [5, 5.41) is 3.54. The van der Waals surface area contributed by atoms with Crippen LogP contribution in [-0.2, 0) is 6.42 Å². The van der Waals surface area contributed by atoms with E-state index < -0.39 is 0 Å². The second-order valence-corrected chi connectivity index (χ2v) is 4.66. The van der Waals surface area contributed by atoms with E-state index in [1.807, 2.05) is 12.1 Å². The van der Waals surface area contributed by atoms with E-state index in [-0.39, 0.29) is 5.91 Å². The monoisotopic (exact) mass is 248 g/mol. The molecule has 3 nitrogen and oxygen atoms in total. The van der Waals surface area contributed by atoms with E-state index in [0.717, 1.165) is 32.2 Å². The van der Waals surface area contributed by atoms with Crippen LogP contribution in [-0.4, -0.2) is 18.5 Å². The number of carbonyl (C=O) groups is 1. The minimum Gasteiger partial charge on any atom is -0.366 e. The van der Waals surface area contributed by atoms with E-state index in [1.54, 1.807) is 6.07 Å². The fraction of sp³-hybridized carbons (Fsp3) is 0.533. The maximum absolute atomic E-state index is 11.1. The van der Waals surface area contributed by atoms with Crippen molar-refractivity contribution < 1.29 is 4.79 Å². The summed E-state index contributed by atoms with van der Waals surface area (Å²) in [7, 11) is 0. The lowest BCUT2D eigenvalue weighted by Gasteiger charge is -2.16. The minimum atomic E-state index is -0.354. The Labute approximate surface area is 110 Å². The summed E-state index contributed by atoms with van der Waals surface area (Å²) in [4.78, 5) is 11.1. The molecule has 1 rings (SSSR count). The fourth-order valence-corrected chi connectivity index (χ4v) is 2.02. The van der Waals surface area contributed by atoms with Gasteiger partial charge in [0.25, 0.3) is 0 Å². The predicted octanol–water partition coefficient (Wildman–Crippen LogP) is 2.50. The van der Waals surface area contributed by atoms with Crippen molar-refractivity contribution in [1.29, 1.82) is 0 Å². The van der Waals surface area contributed by atoms with Crippen LogP contribution in [0.2, 0.25) is 0 Å². The van der Waals surface area contributed by atoms with Gasteiger partial charge in [0.15, 0.2) is 0 Å². The second-order valence-electron chi connectivity index (χ2n) is 4.66. The van der Waals surface area contributed by atoms with E-state index in [2.05, 4.69) is 25.2 Å². The third-order valence-electron chi connectivity index (χ3n) is 3.17. The number of nitrogens with one attached hydrogen (secondary N) is 1. The highest BCUT2D eigenvalue weighted by atomic mass is 16.1. The van der Waals surface area contributed by atoms with Crippen LogP contribution in [0.3, 0.4) is 0 Å². The van der Waals surface area contributed by atoms with E-state index in [4.69, 9.17) is 5.73 Å². The van der Waals surface area contributed by atoms with Gasteiger partial charge in [-0.25, -0.2) is 0 Å². The first-order valence-corrected chi connectivity index (χ1v) is 6.79. The van der Waals surface area contributed by atoms with Gasteiger partial charge in [0.05, 0.1) is 0 Å². The Morgan fingerprint density at radius 1 is 1.39 bits per heavy atom. The number of carbonyl (C=O) groups excluding carboxylic acids is 1. The van der Waals surface area contributed by atoms with E-state index >= 15 is 0 Å². The number of hydrogen-bond acceptors (Lipinski definition) is 2. The van der Waals surface area contributed by atoms with Crippen molar-refractivity contribution in [3.63, 3.8) is 0 Å². The van der Waals surface area contributed by atoms with Gasteiger partial charge in [-0.2, -0.15) is 0 Å². The summed E-state index contributed by atoms with van der Waals surface area (Å²) < 4.78 is 0. The van der Waals surface area contributed by atoms with Crippen molar-refractivity contribution >= 4 is 5.91 Å². The van der Waals surface area contributed by atoms with Crippen molar-refractivity contribution in [2.24, 2.45) is 5.73 Å². The van der Waals surface area contributed by atoms with Gasteiger partial charge in [-0.15, -0.1) is 0 Å². The molecule has 3 N–H and O–H groups in total. The average Bonchev–Trinajstić information content (AvgIpc) is 2.39. The van der Waals surface area contributed by atoms with Crippen LogP contribution in [0.25, 0.3) is 0 Å². The first kappa shape index (κ1) is 14.7. The zero-order chi connectivity index (χ0) is 13.4. The topological polar surface area (TPSA) is 55.1 Å². The van der Waals surface area contributed by atoms with Crippen LogP contribution < -0.4 is 11.1 Å². The first-order chi connectivity index (χ1) is 8.67. The third kappa shape index (κ3) is 4.88. The molecule has 0 aromatic heterocycles. The van der Waals surface area contributed by atoms with Crippen LogP contribution in [0, 0.1) is 0 Å². The highest BCUT2D eigenvalue weighted by molar-refractivity contribution is 5.92. The highest BCUT2D eigenvalue weighted by Crippen LogP contribution is 2.10. The lowest BCUT2D eigenvalue weighted by molar-refractivity contribution is 0.1000. The number of aryl methyl sites for hydroxylation is 1. The number of benzene rings is 1. The molecule has 0 unspecified atom stereocenters. The van der Waals surface area contributed by atoms with Crippen molar-refractivity contribution in [1.82, 2.24) is 5.32 Å². The molecule has 0 bridgehead atoms. The van der Waals surface area contributed by atoms with Gasteiger partial charge in [0, 0.05) is 11.6 Å². The number of rotatable bonds is 8. The molecule has 1 amide bonds. The minimum absolute atomic E-state index is 0.354. The Bertz CT molecular complexity index is 377. The van der Waals surface area contributed by atoms with Crippen molar-refractivity contribution in [3.8, 4) is 0 Å². The van der Waals surface area contributed by atoms with Crippen LogP contribution in [0.1, 0.15) is 49.0 Å². The maximum Gasteiger partial charge on any atom is 0.248 e. The second kappa shape index (κ2) is 7.88. The Morgan fingerprint density at radius 3 is 2.78 bits per heavy atom. The molecule has 0 fully saturated rings. The van der Waals surface area contributed by atoms with Gasteiger partial charge in [-0.05, 0) is 49.9 Å². The Hall–Kier alpha value is -1.35. The summed E-state index contributed by atoms with van der Waals surface area (Å²) in [6.07, 6.45) is 4.37. The molecule has 0 saturated heterocycles. The fourth-order valence-electron chi connectivity index (χ4n) is 2.02. The molecule has 0 saturated carbocycles. The molecule has 100 valence electrons. The molecular weight excluding hydrogens is 224 g/mol. The molecule has 1 aromatic rings. The van der Waals surface area contributed by atoms with Crippen LogP contribution in [0.4, 0.5) is 0 Å². The largest absolute Gasteiger partial charge is 0.366 e. The summed E-state index contributed by atoms with van der Waals surface area (Å²) in [5.74, 6) is -0.354. The van der Waals surface area contributed by atoms with Gasteiger partial charge in [0.2, 0.25) is 5.91 Å². The smallest absolute Gasteiger partial charge is 0.248 e. The van der Waals surface area contributed by atoms with Crippen molar-refractivity contribution in [2.45, 2.75) is 45.6 Å². The number of primary amides is 1. The molecule has 3 heteroatoms. The van der Waals surface area contributed by atoms with Crippen molar-refractivity contribution in [2.75, 3.05) is 6.54 Å². The molecule has 0 aliphatic carbocycles. The normalized spacial score (nSPS) is 12.3. The van der Waals surface area contributed by atoms with Crippen molar-refractivity contribution in [3.05, 3.63) is 35.4 Å². The lowest BCUT2D eigenvalue weighted by Crippen LogP contribution is -2.29. The number of amides is 1. The van der Waals surface area contributed by atoms with Crippen LogP contribution >= 0.6 is 0 Å². The molecule has 0 aliphatic heterocycles. The summed E-state index contributed by atoms with van der Waals surface area (Å²) >= 11 is 0. The molecular formula is C15H24N2O. The molecule has 0 aliphatic rings. The summed E-state index contributed by atoms with van der Waals surface area (Å²) in [6, 6.07) is 8.17. The van der Waals surface area contributed by atoms with Gasteiger partial charge in [-0.3, -0.25) is 4.79 Å². The Balaban J connectivity index is 2.51. The zero-order valence-corrected chi connectivity index (χ0v) is 11.4. The Morgan fingerprint density at radius 2 is 2.17 bits per heavy atom. The Kier molecular flexibility index (Phi) is 6.44. The lowest BCUT2D eigenvalue weighted by atomic mass is 10.0. The standard InChI is InChI=1S/C15H24N2O/c1-3-10-17-14(4-2)9-8-12-6-5-7-13(11-12)15(16)18/h5-7,11,14,17H,3-4,8-10H2,1-2H3,(H2,16,18)/t14-/m1/s1. The van der Waals surface area contributed by atoms with Crippen LogP contribution in [0.5, 0.6) is 0 Å². The third-order valence-corrected chi connectivity index (χ3v) is 3.17. The van der Waals surface area contributed by atoms with Gasteiger partial charge >= 0.3 is 0 Å². The van der Waals surface area contributed by atoms with Gasteiger partial charge < -0.3 is 11.1 Å². The molecule has 18 heavy (non-hydrogen) atoms. The van der Waals surface area contributed by atoms with E-state index in [0.29, 0.717) is 11.6 Å². The molecule has 0 radical (unpaired) electrons. The van der Waals surface area contributed by atoms with Crippen LogP contribution in [0.15, 0.2) is 24.3 Å². The summed E-state index contributed by atoms with van der Waals surface area (Å²) in [6.45, 7) is 5.45. The molecule has 0 heterocycles. The molecule has 1 aromatic carbocycles. The zero-order valence-electron chi connectivity index (χ0n) is 11.4. The van der Waals surface area contributed by atoms with Gasteiger partial charge in [-0.1, -0.05) is 26.0 Å². The first-order valence-electron chi connectivity index (χ1n) is 6.79. The quantitative estimate of drug-likeness (QED) is 0.742. The number of nitrogens with two attached hydrogens (primary N) is 1. The molecule has 0 spiro atoms. The van der Waals surface area contributed by atoms with E-state index in [9.17, 15) is 4.79 Å². The molecule has 1 atom stereocenters. The average molecular weight is 248 g/mol. The van der Waals surface area contributed by atoms with E-state index in [1.165, 1.54) is 5.56 Å². The summed E-state index contributed by atoms with van der Waals surface area (Å²) in [5.41, 5.74) is 7.06. The van der Waals surface area contributed by atoms with Gasteiger partial charge in [0.1, 0.15) is 0 Å². The maximum atomic E-state index is 11.1. The predicted molar refractivity (Wildman–Crippen MR) is 75.7 cm³/mol. The number of hydrogen-bond donors (Lipinski definition) is 2.